The molecule has 0 spiro atoms. The molecule has 0 saturated heterocycles. The Bertz CT molecular complexity index is 1030. The summed E-state index contributed by atoms with van der Waals surface area (Å²) in [5.41, 5.74) is 4.42. The van der Waals surface area contributed by atoms with Gasteiger partial charge in [-0.1, -0.05) is 12.1 Å². The molecule has 4 aromatic rings. The lowest BCUT2D eigenvalue weighted by Crippen LogP contribution is -1.90. The largest absolute Gasteiger partial charge is 0.497 e. The summed E-state index contributed by atoms with van der Waals surface area (Å²) in [5, 5.41) is 8.52. The van der Waals surface area contributed by atoms with Gasteiger partial charge in [0.25, 0.3) is 0 Å². The second-order valence-corrected chi connectivity index (χ2v) is 5.48. The van der Waals surface area contributed by atoms with Gasteiger partial charge in [-0.05, 0) is 24.3 Å². The van der Waals surface area contributed by atoms with Crippen LogP contribution in [0.4, 0.5) is 0 Å². The molecule has 0 atom stereocenters. The fourth-order valence-electron chi connectivity index (χ4n) is 2.81. The Morgan fingerprint density at radius 2 is 1.80 bits per heavy atom. The van der Waals surface area contributed by atoms with Crippen LogP contribution in [-0.4, -0.2) is 34.4 Å². The van der Waals surface area contributed by atoms with Gasteiger partial charge in [-0.25, -0.2) is 4.98 Å². The van der Waals surface area contributed by atoms with Gasteiger partial charge in [0.1, 0.15) is 11.4 Å². The van der Waals surface area contributed by atoms with Crippen LogP contribution in [0.1, 0.15) is 0 Å². The minimum atomic E-state index is 0.566. The zero-order chi connectivity index (χ0) is 17.2. The van der Waals surface area contributed by atoms with E-state index >= 15 is 0 Å². The molecule has 6 nitrogen and oxygen atoms in total. The Hall–Kier alpha value is -3.41. The van der Waals surface area contributed by atoms with Crippen molar-refractivity contribution < 1.29 is 9.47 Å². The van der Waals surface area contributed by atoms with E-state index in [2.05, 4.69) is 20.2 Å². The van der Waals surface area contributed by atoms with E-state index in [1.807, 2.05) is 42.5 Å². The zero-order valence-corrected chi connectivity index (χ0v) is 13.9. The van der Waals surface area contributed by atoms with E-state index in [4.69, 9.17) is 9.47 Å². The molecule has 0 aliphatic rings. The average molecular weight is 332 g/mol. The third-order valence-corrected chi connectivity index (χ3v) is 4.04. The van der Waals surface area contributed by atoms with Crippen LogP contribution in [-0.2, 0) is 0 Å². The molecule has 0 aliphatic carbocycles. The summed E-state index contributed by atoms with van der Waals surface area (Å²) in [4.78, 5) is 8.84. The number of hydrogen-bond acceptors (Lipinski definition) is 5. The molecule has 1 aromatic carbocycles. The number of benzene rings is 1. The van der Waals surface area contributed by atoms with Crippen LogP contribution in [0.5, 0.6) is 11.6 Å². The highest BCUT2D eigenvalue weighted by Crippen LogP contribution is 2.34. The number of methoxy groups -OCH3 is 2. The van der Waals surface area contributed by atoms with Crippen LogP contribution < -0.4 is 9.47 Å². The van der Waals surface area contributed by atoms with Crippen LogP contribution in [0.3, 0.4) is 0 Å². The van der Waals surface area contributed by atoms with Crippen LogP contribution in [0.15, 0.2) is 54.9 Å². The summed E-state index contributed by atoms with van der Waals surface area (Å²) < 4.78 is 10.5. The predicted octanol–water partition coefficient (Wildman–Crippen LogP) is 3.70. The van der Waals surface area contributed by atoms with Gasteiger partial charge in [-0.15, -0.1) is 0 Å². The van der Waals surface area contributed by atoms with Gasteiger partial charge >= 0.3 is 0 Å². The maximum Gasteiger partial charge on any atom is 0.212 e. The van der Waals surface area contributed by atoms with Crippen molar-refractivity contribution >= 4 is 10.9 Å². The van der Waals surface area contributed by atoms with Crippen molar-refractivity contribution in [2.24, 2.45) is 0 Å². The monoisotopic (exact) mass is 332 g/mol. The van der Waals surface area contributed by atoms with Crippen molar-refractivity contribution in [2.45, 2.75) is 0 Å². The van der Waals surface area contributed by atoms with Crippen molar-refractivity contribution in [2.75, 3.05) is 14.2 Å². The highest BCUT2D eigenvalue weighted by Gasteiger charge is 2.15. The van der Waals surface area contributed by atoms with E-state index in [9.17, 15) is 0 Å². The van der Waals surface area contributed by atoms with Crippen molar-refractivity contribution in [1.82, 2.24) is 20.2 Å². The normalized spacial score (nSPS) is 10.8. The van der Waals surface area contributed by atoms with Crippen LogP contribution in [0, 0.1) is 0 Å². The molecule has 4 rings (SSSR count). The first-order valence-corrected chi connectivity index (χ1v) is 7.78. The minimum absolute atomic E-state index is 0.566. The first-order valence-electron chi connectivity index (χ1n) is 7.78. The van der Waals surface area contributed by atoms with E-state index in [-0.39, 0.29) is 0 Å². The maximum absolute atomic E-state index is 5.33. The summed E-state index contributed by atoms with van der Waals surface area (Å²) in [7, 11) is 3.25. The second kappa shape index (κ2) is 6.24. The molecular weight excluding hydrogens is 316 g/mol. The van der Waals surface area contributed by atoms with E-state index < -0.39 is 0 Å². The number of pyridine rings is 2. The van der Waals surface area contributed by atoms with Crippen LogP contribution in [0.2, 0.25) is 0 Å². The van der Waals surface area contributed by atoms with Gasteiger partial charge in [0.05, 0.1) is 30.8 Å². The predicted molar refractivity (Wildman–Crippen MR) is 95.7 cm³/mol. The molecule has 25 heavy (non-hydrogen) atoms. The highest BCUT2D eigenvalue weighted by atomic mass is 16.5. The smallest absolute Gasteiger partial charge is 0.212 e. The van der Waals surface area contributed by atoms with Crippen molar-refractivity contribution in [3.05, 3.63) is 54.9 Å². The first-order chi connectivity index (χ1) is 12.3. The molecule has 3 aromatic heterocycles. The van der Waals surface area contributed by atoms with E-state index in [0.717, 1.165) is 39.2 Å². The minimum Gasteiger partial charge on any atom is -0.497 e. The number of aromatic nitrogens is 4. The molecule has 124 valence electrons. The number of aromatic amines is 1. The second-order valence-electron chi connectivity index (χ2n) is 5.48. The first kappa shape index (κ1) is 15.1. The van der Waals surface area contributed by atoms with Crippen molar-refractivity contribution in [3.63, 3.8) is 0 Å². The van der Waals surface area contributed by atoms with Gasteiger partial charge in [0.15, 0.2) is 0 Å². The van der Waals surface area contributed by atoms with E-state index in [1.54, 1.807) is 26.6 Å². The van der Waals surface area contributed by atoms with Gasteiger partial charge in [0, 0.05) is 29.6 Å². The van der Waals surface area contributed by atoms with Crippen LogP contribution >= 0.6 is 0 Å². The number of rotatable bonds is 4. The average Bonchev–Trinajstić information content (AvgIpc) is 3.12. The van der Waals surface area contributed by atoms with Crippen molar-refractivity contribution in [3.8, 4) is 34.1 Å². The number of hydrogen-bond donors (Lipinski definition) is 1. The SMILES string of the molecule is COc1cccc(-c2n[nH]c3ccnc(-c4ccc(OC)nc4)c23)c1. The zero-order valence-electron chi connectivity index (χ0n) is 13.9. The lowest BCUT2D eigenvalue weighted by molar-refractivity contribution is 0.398. The summed E-state index contributed by atoms with van der Waals surface area (Å²) in [5.74, 6) is 1.35. The number of ether oxygens (including phenoxy) is 2. The summed E-state index contributed by atoms with van der Waals surface area (Å²) >= 11 is 0. The van der Waals surface area contributed by atoms with E-state index in [0.29, 0.717) is 5.88 Å². The number of fused-ring (bicyclic) bond motifs is 1. The standard InChI is InChI=1S/C19H16N4O2/c1-24-14-5-3-4-12(10-14)19-17-15(22-23-19)8-9-20-18(17)13-6-7-16(25-2)21-11-13/h3-11H,1-2H3,(H,22,23). The Morgan fingerprint density at radius 1 is 0.880 bits per heavy atom. The Labute approximate surface area is 144 Å². The Balaban J connectivity index is 1.92. The van der Waals surface area contributed by atoms with Crippen molar-refractivity contribution in [1.29, 1.82) is 0 Å². The third kappa shape index (κ3) is 2.67. The highest BCUT2D eigenvalue weighted by molar-refractivity contribution is 6.02. The summed E-state index contributed by atoms with van der Waals surface area (Å²) in [6, 6.07) is 13.5. The molecule has 6 heteroatoms. The van der Waals surface area contributed by atoms with Gasteiger partial charge in [0.2, 0.25) is 5.88 Å². The fraction of sp³-hybridized carbons (Fsp3) is 0.105. The van der Waals surface area contributed by atoms with Gasteiger partial charge < -0.3 is 9.47 Å². The number of nitrogens with one attached hydrogen (secondary N) is 1. The maximum atomic E-state index is 5.33. The van der Waals surface area contributed by atoms with Crippen LogP contribution in [0.25, 0.3) is 33.4 Å². The third-order valence-electron chi connectivity index (χ3n) is 4.04. The number of H-pyrrole nitrogens is 1. The molecule has 0 radical (unpaired) electrons. The number of nitrogens with zero attached hydrogens (tertiary/aromatic N) is 3. The lowest BCUT2D eigenvalue weighted by atomic mass is 10.0. The quantitative estimate of drug-likeness (QED) is 0.617. The molecule has 0 bridgehead atoms. The topological polar surface area (TPSA) is 72.9 Å². The van der Waals surface area contributed by atoms with Gasteiger partial charge in [-0.3, -0.25) is 10.1 Å². The Morgan fingerprint density at radius 3 is 2.56 bits per heavy atom. The molecule has 0 unspecified atom stereocenters. The summed E-state index contributed by atoms with van der Waals surface area (Å²) in [6.07, 6.45) is 3.51. The fourth-order valence-corrected chi connectivity index (χ4v) is 2.81. The molecular formula is C19H16N4O2. The molecule has 1 N–H and O–H groups in total. The molecule has 0 aliphatic heterocycles. The molecule has 0 fully saturated rings. The molecule has 0 amide bonds. The summed E-state index contributed by atoms with van der Waals surface area (Å²) in [6.45, 7) is 0. The van der Waals surface area contributed by atoms with Gasteiger partial charge in [-0.2, -0.15) is 5.10 Å². The Kier molecular flexibility index (Phi) is 3.78. The molecule has 3 heterocycles. The van der Waals surface area contributed by atoms with E-state index in [1.165, 1.54) is 0 Å². The molecule has 0 saturated carbocycles. The lowest BCUT2D eigenvalue weighted by Gasteiger charge is -2.06.